The van der Waals surface area contributed by atoms with Gasteiger partial charge in [0.15, 0.2) is 0 Å². The van der Waals surface area contributed by atoms with E-state index in [4.69, 9.17) is 16.7 Å². The van der Waals surface area contributed by atoms with Gasteiger partial charge in [-0.25, -0.2) is 9.97 Å². The van der Waals surface area contributed by atoms with Gasteiger partial charge in [-0.15, -0.1) is 0 Å². The van der Waals surface area contributed by atoms with Crippen LogP contribution in [0.15, 0.2) is 36.7 Å². The second-order valence-corrected chi connectivity index (χ2v) is 4.16. The standard InChI is InChI=1S/C13H11ClN2O2/c14-13-5-12(15-8-16-13)10-3-1-9(2-4-10)11(6-17)7-18/h1-6,8,11,18H,7H2. The SMILES string of the molecule is O=CC(CO)c1ccc(-c2cc(Cl)ncn2)cc1. The highest BCUT2D eigenvalue weighted by Gasteiger charge is 2.09. The molecule has 1 aromatic heterocycles. The first-order chi connectivity index (χ1) is 8.74. The van der Waals surface area contributed by atoms with Gasteiger partial charge in [-0.3, -0.25) is 0 Å². The van der Waals surface area contributed by atoms with Gasteiger partial charge in [0.1, 0.15) is 17.8 Å². The summed E-state index contributed by atoms with van der Waals surface area (Å²) < 4.78 is 0. The second kappa shape index (κ2) is 5.71. The molecule has 0 aliphatic carbocycles. The molecular formula is C13H11ClN2O2. The van der Waals surface area contributed by atoms with E-state index in [-0.39, 0.29) is 6.61 Å². The minimum atomic E-state index is -0.479. The van der Waals surface area contributed by atoms with Gasteiger partial charge in [0.05, 0.1) is 18.2 Å². The Morgan fingerprint density at radius 3 is 2.56 bits per heavy atom. The molecule has 5 heteroatoms. The Kier molecular flexibility index (Phi) is 4.02. The Bertz CT molecular complexity index is 543. The van der Waals surface area contributed by atoms with Crippen LogP contribution in [0.4, 0.5) is 0 Å². The number of nitrogens with zero attached hydrogens (tertiary/aromatic N) is 2. The van der Waals surface area contributed by atoms with Crippen molar-refractivity contribution in [2.24, 2.45) is 0 Å². The lowest BCUT2D eigenvalue weighted by Gasteiger charge is -2.08. The van der Waals surface area contributed by atoms with Crippen molar-refractivity contribution in [3.05, 3.63) is 47.4 Å². The normalized spacial score (nSPS) is 12.1. The molecule has 0 saturated heterocycles. The van der Waals surface area contributed by atoms with Crippen LogP contribution in [-0.2, 0) is 4.79 Å². The van der Waals surface area contributed by atoms with Crippen molar-refractivity contribution in [3.63, 3.8) is 0 Å². The van der Waals surface area contributed by atoms with Gasteiger partial charge in [-0.2, -0.15) is 0 Å². The zero-order chi connectivity index (χ0) is 13.0. The van der Waals surface area contributed by atoms with Crippen molar-refractivity contribution in [3.8, 4) is 11.3 Å². The van der Waals surface area contributed by atoms with Crippen molar-refractivity contribution in [2.75, 3.05) is 6.61 Å². The van der Waals surface area contributed by atoms with E-state index in [1.54, 1.807) is 18.2 Å². The first-order valence-corrected chi connectivity index (χ1v) is 5.76. The van der Waals surface area contributed by atoms with Crippen LogP contribution in [0, 0.1) is 0 Å². The largest absolute Gasteiger partial charge is 0.395 e. The number of halogens is 1. The van der Waals surface area contributed by atoms with Gasteiger partial charge < -0.3 is 9.90 Å². The average molecular weight is 263 g/mol. The highest BCUT2D eigenvalue weighted by molar-refractivity contribution is 6.29. The Hall–Kier alpha value is -1.78. The summed E-state index contributed by atoms with van der Waals surface area (Å²) in [5, 5.41) is 9.41. The van der Waals surface area contributed by atoms with Crippen molar-refractivity contribution >= 4 is 17.9 Å². The Morgan fingerprint density at radius 2 is 2.00 bits per heavy atom. The Morgan fingerprint density at radius 1 is 1.28 bits per heavy atom. The average Bonchev–Trinajstić information content (AvgIpc) is 2.41. The molecule has 0 saturated carbocycles. The lowest BCUT2D eigenvalue weighted by Crippen LogP contribution is -2.04. The van der Waals surface area contributed by atoms with Crippen LogP contribution in [0.25, 0.3) is 11.3 Å². The van der Waals surface area contributed by atoms with Crippen LogP contribution in [0.3, 0.4) is 0 Å². The van der Waals surface area contributed by atoms with Gasteiger partial charge in [-0.1, -0.05) is 35.9 Å². The number of hydrogen-bond acceptors (Lipinski definition) is 4. The van der Waals surface area contributed by atoms with Crippen molar-refractivity contribution in [2.45, 2.75) is 5.92 Å². The van der Waals surface area contributed by atoms with E-state index in [0.717, 1.165) is 17.4 Å². The van der Waals surface area contributed by atoms with Crippen LogP contribution in [0.5, 0.6) is 0 Å². The summed E-state index contributed by atoms with van der Waals surface area (Å²) in [6.45, 7) is -0.192. The van der Waals surface area contributed by atoms with Crippen LogP contribution >= 0.6 is 11.6 Å². The number of carbonyl (C=O) groups is 1. The molecule has 2 aromatic rings. The molecule has 92 valence electrons. The lowest BCUT2D eigenvalue weighted by atomic mass is 9.99. The first-order valence-electron chi connectivity index (χ1n) is 5.38. The number of aliphatic hydroxyl groups excluding tert-OH is 1. The van der Waals surface area contributed by atoms with Gasteiger partial charge in [0.25, 0.3) is 0 Å². The summed E-state index contributed by atoms with van der Waals surface area (Å²) in [7, 11) is 0. The maximum atomic E-state index is 10.7. The van der Waals surface area contributed by atoms with Gasteiger partial charge >= 0.3 is 0 Å². The van der Waals surface area contributed by atoms with Crippen LogP contribution in [-0.4, -0.2) is 28.0 Å². The van der Waals surface area contributed by atoms with E-state index in [1.807, 2.05) is 12.1 Å². The van der Waals surface area contributed by atoms with E-state index in [0.29, 0.717) is 10.8 Å². The smallest absolute Gasteiger partial charge is 0.133 e. The summed E-state index contributed by atoms with van der Waals surface area (Å²) >= 11 is 5.79. The number of aliphatic hydroxyl groups is 1. The summed E-state index contributed by atoms with van der Waals surface area (Å²) in [5.41, 5.74) is 2.37. The molecule has 1 aromatic carbocycles. The highest BCUT2D eigenvalue weighted by atomic mass is 35.5. The molecule has 0 fully saturated rings. The molecule has 18 heavy (non-hydrogen) atoms. The molecule has 0 bridgehead atoms. The summed E-state index contributed by atoms with van der Waals surface area (Å²) in [4.78, 5) is 18.7. The van der Waals surface area contributed by atoms with Crippen LogP contribution < -0.4 is 0 Å². The molecule has 1 N–H and O–H groups in total. The quantitative estimate of drug-likeness (QED) is 0.677. The summed E-state index contributed by atoms with van der Waals surface area (Å²) in [6.07, 6.45) is 2.13. The predicted molar refractivity (Wildman–Crippen MR) is 68.4 cm³/mol. The number of hydrogen-bond donors (Lipinski definition) is 1. The molecule has 0 amide bonds. The monoisotopic (exact) mass is 262 g/mol. The zero-order valence-corrected chi connectivity index (χ0v) is 10.2. The number of rotatable bonds is 4. The molecule has 1 unspecified atom stereocenters. The maximum absolute atomic E-state index is 10.7. The number of aromatic nitrogens is 2. The highest BCUT2D eigenvalue weighted by Crippen LogP contribution is 2.21. The summed E-state index contributed by atoms with van der Waals surface area (Å²) in [6, 6.07) is 8.92. The second-order valence-electron chi connectivity index (χ2n) is 3.77. The third kappa shape index (κ3) is 2.72. The van der Waals surface area contributed by atoms with Gasteiger partial charge in [0.2, 0.25) is 0 Å². The third-order valence-electron chi connectivity index (χ3n) is 2.63. The molecule has 0 aliphatic heterocycles. The fourth-order valence-corrected chi connectivity index (χ4v) is 1.77. The molecule has 4 nitrogen and oxygen atoms in total. The minimum absolute atomic E-state index is 0.192. The van der Waals surface area contributed by atoms with Gasteiger partial charge in [0, 0.05) is 11.6 Å². The first kappa shape index (κ1) is 12.7. The van der Waals surface area contributed by atoms with E-state index in [2.05, 4.69) is 9.97 Å². The van der Waals surface area contributed by atoms with Crippen LogP contribution in [0.2, 0.25) is 5.15 Å². The molecule has 0 spiro atoms. The minimum Gasteiger partial charge on any atom is -0.395 e. The molecule has 0 radical (unpaired) electrons. The zero-order valence-electron chi connectivity index (χ0n) is 9.45. The van der Waals surface area contributed by atoms with Crippen molar-refractivity contribution in [1.29, 1.82) is 0 Å². The number of benzene rings is 1. The van der Waals surface area contributed by atoms with E-state index >= 15 is 0 Å². The van der Waals surface area contributed by atoms with Crippen molar-refractivity contribution in [1.82, 2.24) is 9.97 Å². The lowest BCUT2D eigenvalue weighted by molar-refractivity contribution is -0.109. The van der Waals surface area contributed by atoms with E-state index < -0.39 is 5.92 Å². The molecule has 1 atom stereocenters. The molecule has 0 aliphatic rings. The third-order valence-corrected chi connectivity index (χ3v) is 2.84. The van der Waals surface area contributed by atoms with Crippen molar-refractivity contribution < 1.29 is 9.90 Å². The molecule has 1 heterocycles. The van der Waals surface area contributed by atoms with Gasteiger partial charge in [-0.05, 0) is 5.56 Å². The molecule has 2 rings (SSSR count). The number of aldehydes is 1. The van der Waals surface area contributed by atoms with Crippen LogP contribution in [0.1, 0.15) is 11.5 Å². The van der Waals surface area contributed by atoms with E-state index in [9.17, 15) is 4.79 Å². The maximum Gasteiger partial charge on any atom is 0.133 e. The Labute approximate surface area is 109 Å². The fraction of sp³-hybridized carbons (Fsp3) is 0.154. The topological polar surface area (TPSA) is 63.1 Å². The Balaban J connectivity index is 2.30. The summed E-state index contributed by atoms with van der Waals surface area (Å²) in [5.74, 6) is -0.479. The molecular weight excluding hydrogens is 252 g/mol. The van der Waals surface area contributed by atoms with E-state index in [1.165, 1.54) is 6.33 Å². The predicted octanol–water partition coefficient (Wildman–Crippen LogP) is 2.07. The number of carbonyl (C=O) groups excluding carboxylic acids is 1. The fourth-order valence-electron chi connectivity index (χ4n) is 1.62.